The van der Waals surface area contributed by atoms with Gasteiger partial charge in [-0.25, -0.2) is 4.79 Å². The number of aryl methyl sites for hydroxylation is 1. The fourth-order valence-corrected chi connectivity index (χ4v) is 2.67. The normalized spacial score (nSPS) is 10.0. The molecule has 0 saturated heterocycles. The van der Waals surface area contributed by atoms with E-state index in [9.17, 15) is 9.59 Å². The maximum atomic E-state index is 11.8. The molecule has 0 aliphatic rings. The van der Waals surface area contributed by atoms with E-state index in [-0.39, 0.29) is 12.5 Å². The van der Waals surface area contributed by atoms with Crippen LogP contribution >= 0.6 is 11.3 Å². The molecule has 1 aromatic heterocycles. The quantitative estimate of drug-likeness (QED) is 0.911. The molecule has 2 N–H and O–H groups in total. The van der Waals surface area contributed by atoms with E-state index in [0.717, 1.165) is 10.4 Å². The maximum Gasteiger partial charge on any atom is 0.412 e. The highest BCUT2D eigenvalue weighted by Gasteiger charge is 2.16. The van der Waals surface area contributed by atoms with Crippen LogP contribution in [0.2, 0.25) is 0 Å². The number of carbonyl (C=O) groups excluding carboxylic acids is 2. The number of thiophene rings is 1. The van der Waals surface area contributed by atoms with Gasteiger partial charge in [0.25, 0.3) is 5.91 Å². The van der Waals surface area contributed by atoms with Gasteiger partial charge in [0.15, 0.2) is 0 Å². The van der Waals surface area contributed by atoms with Crippen LogP contribution in [0.15, 0.2) is 36.4 Å². The number of benzene rings is 1. The van der Waals surface area contributed by atoms with Crippen molar-refractivity contribution in [3.63, 3.8) is 0 Å². The van der Waals surface area contributed by atoms with Crippen molar-refractivity contribution in [1.82, 2.24) is 5.32 Å². The summed E-state index contributed by atoms with van der Waals surface area (Å²) < 4.78 is 5.13. The zero-order chi connectivity index (χ0) is 15.2. The van der Waals surface area contributed by atoms with Crippen LogP contribution in [0, 0.1) is 6.92 Å². The number of rotatable bonds is 4. The fraction of sp³-hybridized carbons (Fsp3) is 0.200. The summed E-state index contributed by atoms with van der Waals surface area (Å²) >= 11 is 1.32. The number of nitrogens with one attached hydrogen (secondary N) is 2. The summed E-state index contributed by atoms with van der Waals surface area (Å²) in [6.45, 7) is 2.06. The molecule has 0 spiro atoms. The number of carbonyl (C=O) groups is 2. The van der Waals surface area contributed by atoms with E-state index in [4.69, 9.17) is 4.74 Å². The van der Waals surface area contributed by atoms with Crippen LogP contribution in [-0.4, -0.2) is 19.0 Å². The molecule has 6 heteroatoms. The van der Waals surface area contributed by atoms with Crippen molar-refractivity contribution in [2.75, 3.05) is 12.4 Å². The highest BCUT2D eigenvalue weighted by atomic mass is 32.1. The molecule has 0 fully saturated rings. The summed E-state index contributed by atoms with van der Waals surface area (Å²) in [5.41, 5.74) is 1.37. The molecule has 0 bridgehead atoms. The minimum absolute atomic E-state index is 0.186. The second-order valence-corrected chi connectivity index (χ2v) is 5.62. The number of hydrogen-bond acceptors (Lipinski definition) is 4. The topological polar surface area (TPSA) is 67.4 Å². The summed E-state index contributed by atoms with van der Waals surface area (Å²) in [4.78, 5) is 24.9. The molecule has 1 aromatic carbocycles. The zero-order valence-corrected chi connectivity index (χ0v) is 12.6. The monoisotopic (exact) mass is 304 g/mol. The second-order valence-electron chi connectivity index (χ2n) is 4.37. The van der Waals surface area contributed by atoms with Gasteiger partial charge in [-0.3, -0.25) is 10.1 Å². The molecule has 2 amide bonds. The molecule has 0 radical (unpaired) electrons. The Labute approximate surface area is 126 Å². The van der Waals surface area contributed by atoms with Gasteiger partial charge in [-0.1, -0.05) is 30.3 Å². The molecule has 0 aliphatic heterocycles. The Bertz CT molecular complexity index is 638. The van der Waals surface area contributed by atoms with Crippen molar-refractivity contribution in [2.45, 2.75) is 13.5 Å². The van der Waals surface area contributed by atoms with Gasteiger partial charge < -0.3 is 10.1 Å². The molecule has 1 heterocycles. The van der Waals surface area contributed by atoms with E-state index in [2.05, 4.69) is 10.6 Å². The maximum absolute atomic E-state index is 11.8. The van der Waals surface area contributed by atoms with Gasteiger partial charge in [-0.15, -0.1) is 11.3 Å². The van der Waals surface area contributed by atoms with E-state index in [0.29, 0.717) is 10.6 Å². The van der Waals surface area contributed by atoms with Crippen molar-refractivity contribution in [2.24, 2.45) is 0 Å². The van der Waals surface area contributed by atoms with Crippen LogP contribution in [0.5, 0.6) is 0 Å². The van der Waals surface area contributed by atoms with Crippen LogP contribution in [0.3, 0.4) is 0 Å². The first-order valence-corrected chi connectivity index (χ1v) is 7.22. The predicted molar refractivity (Wildman–Crippen MR) is 82.7 cm³/mol. The Morgan fingerprint density at radius 2 is 1.95 bits per heavy atom. The van der Waals surface area contributed by atoms with E-state index in [1.54, 1.807) is 13.1 Å². The summed E-state index contributed by atoms with van der Waals surface area (Å²) in [5.74, 6) is -0.230. The number of hydrogen-bond donors (Lipinski definition) is 2. The Morgan fingerprint density at radius 3 is 2.62 bits per heavy atom. The molecule has 0 atom stereocenters. The van der Waals surface area contributed by atoms with Crippen LogP contribution in [0.25, 0.3) is 0 Å². The van der Waals surface area contributed by atoms with Crippen LogP contribution in [-0.2, 0) is 11.3 Å². The molecular weight excluding hydrogens is 288 g/mol. The van der Waals surface area contributed by atoms with E-state index < -0.39 is 6.09 Å². The second kappa shape index (κ2) is 6.90. The molecule has 5 nitrogen and oxygen atoms in total. The Balaban J connectivity index is 1.98. The van der Waals surface area contributed by atoms with Crippen molar-refractivity contribution in [3.05, 3.63) is 51.7 Å². The third kappa shape index (κ3) is 4.06. The zero-order valence-electron chi connectivity index (χ0n) is 11.8. The van der Waals surface area contributed by atoms with E-state index in [1.165, 1.54) is 11.3 Å². The van der Waals surface area contributed by atoms with Gasteiger partial charge in [-0.2, -0.15) is 0 Å². The molecular formula is C15H16N2O3S. The minimum Gasteiger partial charge on any atom is -0.444 e. The lowest BCUT2D eigenvalue weighted by Crippen LogP contribution is -2.20. The van der Waals surface area contributed by atoms with E-state index in [1.807, 2.05) is 37.3 Å². The first-order valence-electron chi connectivity index (χ1n) is 6.40. The molecule has 0 aliphatic carbocycles. The molecule has 110 valence electrons. The lowest BCUT2D eigenvalue weighted by Gasteiger charge is -2.07. The number of amides is 2. The summed E-state index contributed by atoms with van der Waals surface area (Å²) in [6.07, 6.45) is -0.582. The van der Waals surface area contributed by atoms with Gasteiger partial charge >= 0.3 is 6.09 Å². The van der Waals surface area contributed by atoms with Crippen LogP contribution < -0.4 is 10.6 Å². The average Bonchev–Trinajstić information content (AvgIpc) is 2.86. The largest absolute Gasteiger partial charge is 0.444 e. The highest BCUT2D eigenvalue weighted by molar-refractivity contribution is 7.14. The average molecular weight is 304 g/mol. The fourth-order valence-electron chi connectivity index (χ4n) is 1.76. The standard InChI is InChI=1S/C15H16N2O3S/c1-10-8-12(13(21-10)14(18)16-2)17-15(19)20-9-11-6-4-3-5-7-11/h3-8H,9H2,1-2H3,(H,16,18)(H,17,19). The lowest BCUT2D eigenvalue weighted by atomic mass is 10.2. The molecule has 2 aromatic rings. The van der Waals surface area contributed by atoms with Gasteiger partial charge in [0.05, 0.1) is 5.69 Å². The smallest absolute Gasteiger partial charge is 0.412 e. The molecule has 0 unspecified atom stereocenters. The van der Waals surface area contributed by atoms with Crippen molar-refractivity contribution < 1.29 is 14.3 Å². The van der Waals surface area contributed by atoms with E-state index >= 15 is 0 Å². The first-order chi connectivity index (χ1) is 10.1. The highest BCUT2D eigenvalue weighted by Crippen LogP contribution is 2.26. The van der Waals surface area contributed by atoms with Crippen molar-refractivity contribution in [3.8, 4) is 0 Å². The summed E-state index contributed by atoms with van der Waals surface area (Å²) in [6, 6.07) is 11.1. The van der Waals surface area contributed by atoms with Gasteiger partial charge in [0.1, 0.15) is 11.5 Å². The number of anilines is 1. The lowest BCUT2D eigenvalue weighted by molar-refractivity contribution is 0.0968. The van der Waals surface area contributed by atoms with Crippen LogP contribution in [0.1, 0.15) is 20.1 Å². The van der Waals surface area contributed by atoms with Gasteiger partial charge in [-0.05, 0) is 18.6 Å². The van der Waals surface area contributed by atoms with Crippen LogP contribution in [0.4, 0.5) is 10.5 Å². The predicted octanol–water partition coefficient (Wildman–Crippen LogP) is 3.16. The Kier molecular flexibility index (Phi) is 4.94. The molecule has 2 rings (SSSR count). The summed E-state index contributed by atoms with van der Waals surface area (Å²) in [5, 5.41) is 5.15. The van der Waals surface area contributed by atoms with Crippen molar-refractivity contribution >= 4 is 29.0 Å². The Morgan fingerprint density at radius 1 is 1.24 bits per heavy atom. The molecule has 0 saturated carbocycles. The third-order valence-electron chi connectivity index (χ3n) is 2.74. The van der Waals surface area contributed by atoms with Gasteiger partial charge in [0, 0.05) is 11.9 Å². The van der Waals surface area contributed by atoms with Crippen molar-refractivity contribution in [1.29, 1.82) is 0 Å². The minimum atomic E-state index is -0.582. The first kappa shape index (κ1) is 15.1. The summed E-state index contributed by atoms with van der Waals surface area (Å²) in [7, 11) is 1.55. The number of ether oxygens (including phenoxy) is 1. The molecule has 21 heavy (non-hydrogen) atoms. The SMILES string of the molecule is CNC(=O)c1sc(C)cc1NC(=O)OCc1ccccc1. The Hall–Kier alpha value is -2.34. The third-order valence-corrected chi connectivity index (χ3v) is 3.79. The van der Waals surface area contributed by atoms with Gasteiger partial charge in [0.2, 0.25) is 0 Å².